The van der Waals surface area contributed by atoms with Gasteiger partial charge in [-0.15, -0.1) is 0 Å². The second-order valence-corrected chi connectivity index (χ2v) is 3.18. The van der Waals surface area contributed by atoms with Gasteiger partial charge in [-0.3, -0.25) is 4.79 Å². The molecule has 4 heteroatoms. The van der Waals surface area contributed by atoms with E-state index in [-0.39, 0.29) is 18.6 Å². The first-order chi connectivity index (χ1) is 5.77. The van der Waals surface area contributed by atoms with Gasteiger partial charge in [0.25, 0.3) is 0 Å². The number of carbonyl (C=O) groups excluding carboxylic acids is 1. The molecule has 70 valence electrons. The van der Waals surface area contributed by atoms with Crippen LogP contribution in [0.5, 0.6) is 0 Å². The Morgan fingerprint density at radius 1 is 1.75 bits per heavy atom. The quantitative estimate of drug-likeness (QED) is 0.587. The molecule has 12 heavy (non-hydrogen) atoms. The van der Waals surface area contributed by atoms with Crippen molar-refractivity contribution in [2.45, 2.75) is 18.9 Å². The molecular formula is C8H16N2O2. The molecular weight excluding hydrogens is 156 g/mol. The van der Waals surface area contributed by atoms with Crippen LogP contribution in [-0.2, 0) is 9.53 Å². The number of nitrogens with two attached hydrogens (primary N) is 1. The van der Waals surface area contributed by atoms with Crippen LogP contribution in [0.15, 0.2) is 0 Å². The van der Waals surface area contributed by atoms with Gasteiger partial charge in [-0.2, -0.15) is 0 Å². The summed E-state index contributed by atoms with van der Waals surface area (Å²) < 4.78 is 4.70. The standard InChI is InChI=1S/C8H16N2O2/c1-12-5-8(11)10-7(4-9)6-2-3-6/h6-7H,2-5,9H2,1H3,(H,10,11). The molecule has 4 nitrogen and oxygen atoms in total. The molecule has 0 saturated heterocycles. The Morgan fingerprint density at radius 2 is 2.42 bits per heavy atom. The highest BCUT2D eigenvalue weighted by Gasteiger charge is 2.30. The van der Waals surface area contributed by atoms with Gasteiger partial charge in [0.15, 0.2) is 0 Å². The van der Waals surface area contributed by atoms with Crippen molar-refractivity contribution in [3.05, 3.63) is 0 Å². The van der Waals surface area contributed by atoms with Crippen LogP contribution in [0, 0.1) is 5.92 Å². The predicted molar refractivity (Wildman–Crippen MR) is 45.6 cm³/mol. The first kappa shape index (κ1) is 9.48. The molecule has 0 heterocycles. The Morgan fingerprint density at radius 3 is 2.83 bits per heavy atom. The highest BCUT2D eigenvalue weighted by molar-refractivity contribution is 5.77. The summed E-state index contributed by atoms with van der Waals surface area (Å²) >= 11 is 0. The van der Waals surface area contributed by atoms with Crippen molar-refractivity contribution in [2.75, 3.05) is 20.3 Å². The number of hydrogen-bond acceptors (Lipinski definition) is 3. The number of hydrogen-bond donors (Lipinski definition) is 2. The van der Waals surface area contributed by atoms with E-state index < -0.39 is 0 Å². The van der Waals surface area contributed by atoms with Crippen molar-refractivity contribution < 1.29 is 9.53 Å². The van der Waals surface area contributed by atoms with Gasteiger partial charge >= 0.3 is 0 Å². The van der Waals surface area contributed by atoms with E-state index in [1.807, 2.05) is 0 Å². The lowest BCUT2D eigenvalue weighted by Crippen LogP contribution is -2.43. The highest BCUT2D eigenvalue weighted by Crippen LogP contribution is 2.32. The zero-order valence-electron chi connectivity index (χ0n) is 7.38. The molecule has 1 rings (SSSR count). The Bertz CT molecular complexity index is 157. The zero-order valence-corrected chi connectivity index (χ0v) is 7.38. The van der Waals surface area contributed by atoms with Crippen molar-refractivity contribution in [3.63, 3.8) is 0 Å². The van der Waals surface area contributed by atoms with E-state index >= 15 is 0 Å². The molecule has 1 amide bonds. The first-order valence-corrected chi connectivity index (χ1v) is 4.26. The Hall–Kier alpha value is -0.610. The van der Waals surface area contributed by atoms with Gasteiger partial charge in [0, 0.05) is 19.7 Å². The van der Waals surface area contributed by atoms with Crippen LogP contribution >= 0.6 is 0 Å². The Kier molecular flexibility index (Phi) is 3.49. The van der Waals surface area contributed by atoms with E-state index in [0.717, 1.165) is 0 Å². The van der Waals surface area contributed by atoms with Crippen molar-refractivity contribution in [2.24, 2.45) is 11.7 Å². The second kappa shape index (κ2) is 4.42. The lowest BCUT2D eigenvalue weighted by Gasteiger charge is -2.15. The average molecular weight is 172 g/mol. The fourth-order valence-electron chi connectivity index (χ4n) is 1.25. The summed E-state index contributed by atoms with van der Waals surface area (Å²) in [7, 11) is 1.51. The molecule has 0 aromatic rings. The van der Waals surface area contributed by atoms with Gasteiger partial charge in [0.05, 0.1) is 0 Å². The maximum absolute atomic E-state index is 11.1. The van der Waals surface area contributed by atoms with Gasteiger partial charge in [0.2, 0.25) is 5.91 Å². The van der Waals surface area contributed by atoms with Crippen molar-refractivity contribution in [1.82, 2.24) is 5.32 Å². The van der Waals surface area contributed by atoms with Crippen LogP contribution < -0.4 is 11.1 Å². The lowest BCUT2D eigenvalue weighted by molar-refractivity contribution is -0.125. The number of rotatable bonds is 5. The molecule has 0 radical (unpaired) electrons. The van der Waals surface area contributed by atoms with E-state index in [9.17, 15) is 4.79 Å². The summed E-state index contributed by atoms with van der Waals surface area (Å²) in [6.45, 7) is 0.656. The monoisotopic (exact) mass is 172 g/mol. The molecule has 1 unspecified atom stereocenters. The molecule has 3 N–H and O–H groups in total. The van der Waals surface area contributed by atoms with Crippen molar-refractivity contribution in [3.8, 4) is 0 Å². The number of nitrogens with one attached hydrogen (secondary N) is 1. The summed E-state index contributed by atoms with van der Waals surface area (Å²) in [5, 5.41) is 2.84. The largest absolute Gasteiger partial charge is 0.375 e. The zero-order chi connectivity index (χ0) is 8.97. The summed E-state index contributed by atoms with van der Waals surface area (Å²) in [6.07, 6.45) is 2.38. The topological polar surface area (TPSA) is 64.3 Å². The maximum atomic E-state index is 11.1. The van der Waals surface area contributed by atoms with Crippen LogP contribution in [0.25, 0.3) is 0 Å². The Labute approximate surface area is 72.5 Å². The third-order valence-electron chi connectivity index (χ3n) is 2.07. The summed E-state index contributed by atoms with van der Waals surface area (Å²) in [5.41, 5.74) is 5.50. The van der Waals surface area contributed by atoms with Crippen LogP contribution in [0.2, 0.25) is 0 Å². The number of ether oxygens (including phenoxy) is 1. The predicted octanol–water partition coefficient (Wildman–Crippen LogP) is -0.514. The van der Waals surface area contributed by atoms with E-state index in [1.54, 1.807) is 0 Å². The smallest absolute Gasteiger partial charge is 0.246 e. The third kappa shape index (κ3) is 2.79. The van der Waals surface area contributed by atoms with Gasteiger partial charge in [-0.1, -0.05) is 0 Å². The molecule has 0 bridgehead atoms. The lowest BCUT2D eigenvalue weighted by atomic mass is 10.2. The fourth-order valence-corrected chi connectivity index (χ4v) is 1.25. The van der Waals surface area contributed by atoms with Crippen LogP contribution in [-0.4, -0.2) is 32.2 Å². The van der Waals surface area contributed by atoms with E-state index in [4.69, 9.17) is 10.5 Å². The van der Waals surface area contributed by atoms with E-state index in [0.29, 0.717) is 12.5 Å². The molecule has 1 aliphatic carbocycles. The summed E-state index contributed by atoms with van der Waals surface area (Å²) in [5.74, 6) is 0.538. The maximum Gasteiger partial charge on any atom is 0.246 e. The molecule has 1 saturated carbocycles. The van der Waals surface area contributed by atoms with Crippen LogP contribution in [0.1, 0.15) is 12.8 Å². The van der Waals surface area contributed by atoms with Crippen molar-refractivity contribution in [1.29, 1.82) is 0 Å². The van der Waals surface area contributed by atoms with Gasteiger partial charge in [0.1, 0.15) is 6.61 Å². The minimum Gasteiger partial charge on any atom is -0.375 e. The molecule has 1 aliphatic rings. The minimum atomic E-state index is -0.0696. The summed E-state index contributed by atoms with van der Waals surface area (Å²) in [4.78, 5) is 11.1. The SMILES string of the molecule is COCC(=O)NC(CN)C1CC1. The number of carbonyl (C=O) groups is 1. The average Bonchev–Trinajstić information content (AvgIpc) is 2.83. The molecule has 0 spiro atoms. The van der Waals surface area contributed by atoms with Gasteiger partial charge < -0.3 is 15.8 Å². The van der Waals surface area contributed by atoms with E-state index in [1.165, 1.54) is 20.0 Å². The summed E-state index contributed by atoms with van der Waals surface area (Å²) in [6, 6.07) is 0.160. The van der Waals surface area contributed by atoms with Crippen molar-refractivity contribution >= 4 is 5.91 Å². The highest BCUT2D eigenvalue weighted by atomic mass is 16.5. The minimum absolute atomic E-state index is 0.0696. The second-order valence-electron chi connectivity index (χ2n) is 3.18. The third-order valence-corrected chi connectivity index (χ3v) is 2.07. The molecule has 0 aromatic heterocycles. The molecule has 1 atom stereocenters. The van der Waals surface area contributed by atoms with Crippen LogP contribution in [0.4, 0.5) is 0 Å². The Balaban J connectivity index is 2.21. The van der Waals surface area contributed by atoms with Gasteiger partial charge in [-0.25, -0.2) is 0 Å². The van der Waals surface area contributed by atoms with E-state index in [2.05, 4.69) is 5.32 Å². The first-order valence-electron chi connectivity index (χ1n) is 4.26. The van der Waals surface area contributed by atoms with Crippen LogP contribution in [0.3, 0.4) is 0 Å². The number of methoxy groups -OCH3 is 1. The molecule has 1 fully saturated rings. The molecule has 0 aliphatic heterocycles. The fraction of sp³-hybridized carbons (Fsp3) is 0.875. The number of amides is 1. The van der Waals surface area contributed by atoms with Gasteiger partial charge in [-0.05, 0) is 18.8 Å². The normalized spacial score (nSPS) is 18.8. The molecule has 0 aromatic carbocycles.